The number of para-hydroxylation sites is 1. The Morgan fingerprint density at radius 1 is 1.17 bits per heavy atom. The van der Waals surface area contributed by atoms with Crippen LogP contribution in [0, 0.1) is 5.41 Å². The van der Waals surface area contributed by atoms with Crippen LogP contribution in [0.4, 0.5) is 23.8 Å². The van der Waals surface area contributed by atoms with Crippen molar-refractivity contribution < 1.29 is 32.2 Å². The quantitative estimate of drug-likeness (QED) is 0.445. The van der Waals surface area contributed by atoms with Crippen LogP contribution in [-0.4, -0.2) is 61.5 Å². The van der Waals surface area contributed by atoms with Crippen molar-refractivity contribution in [3.8, 4) is 17.0 Å². The molecule has 0 radical (unpaired) electrons. The number of hydrogen-bond donors (Lipinski definition) is 2. The van der Waals surface area contributed by atoms with Gasteiger partial charge in [-0.3, -0.25) is 9.48 Å². The molecule has 1 aliphatic carbocycles. The first kappa shape index (κ1) is 28.3. The van der Waals surface area contributed by atoms with Gasteiger partial charge < -0.3 is 25.8 Å². The zero-order chi connectivity index (χ0) is 29.7. The van der Waals surface area contributed by atoms with Gasteiger partial charge in [0.05, 0.1) is 18.8 Å². The zero-order valence-electron chi connectivity index (χ0n) is 22.9. The number of nitrogens with zero attached hydrogens (tertiary/aromatic N) is 5. The Bertz CT molecular complexity index is 1470. The molecule has 2 aliphatic rings. The number of amides is 2. The number of hydrogen-bond acceptors (Lipinski definition) is 7. The molecule has 1 saturated carbocycles. The van der Waals surface area contributed by atoms with Gasteiger partial charge in [0.15, 0.2) is 0 Å². The Labute approximate surface area is 234 Å². The predicted molar refractivity (Wildman–Crippen MR) is 142 cm³/mol. The van der Waals surface area contributed by atoms with Crippen LogP contribution < -0.4 is 16.2 Å². The number of aromatic nitrogens is 4. The molecular formula is C27H32F3N7O4. The van der Waals surface area contributed by atoms with Crippen LogP contribution in [0.1, 0.15) is 62.0 Å². The van der Waals surface area contributed by atoms with E-state index in [4.69, 9.17) is 16.2 Å². The van der Waals surface area contributed by atoms with Crippen molar-refractivity contribution in [3.63, 3.8) is 0 Å². The van der Waals surface area contributed by atoms with Crippen molar-refractivity contribution in [1.82, 2.24) is 24.5 Å². The van der Waals surface area contributed by atoms with Gasteiger partial charge in [-0.2, -0.15) is 10.2 Å². The van der Waals surface area contributed by atoms with E-state index in [0.717, 1.165) is 6.42 Å². The number of rotatable bonds is 6. The molecule has 11 nitrogen and oxygen atoms in total. The summed E-state index contributed by atoms with van der Waals surface area (Å²) in [6.07, 6.45) is 0.0879. The summed E-state index contributed by atoms with van der Waals surface area (Å²) in [5.74, 6) is -0.961. The summed E-state index contributed by atoms with van der Waals surface area (Å²) in [5.41, 5.74) is 12.4. The van der Waals surface area contributed by atoms with Gasteiger partial charge in [0.2, 0.25) is 0 Å². The molecule has 1 aliphatic heterocycles. The fourth-order valence-electron chi connectivity index (χ4n) is 5.64. The Balaban J connectivity index is 1.32. The third-order valence-electron chi connectivity index (χ3n) is 7.40. The highest BCUT2D eigenvalue weighted by atomic mass is 19.4. The molecule has 0 unspecified atom stereocenters. The molecule has 1 aromatic carbocycles. The van der Waals surface area contributed by atoms with E-state index in [1.165, 1.54) is 29.1 Å². The monoisotopic (exact) mass is 575 g/mol. The number of halogens is 3. The smallest absolute Gasteiger partial charge is 0.444 e. The second-order valence-corrected chi connectivity index (χ2v) is 11.7. The van der Waals surface area contributed by atoms with E-state index in [1.807, 2.05) is 20.8 Å². The molecule has 2 aromatic heterocycles. The summed E-state index contributed by atoms with van der Waals surface area (Å²) < 4.78 is 51.1. The van der Waals surface area contributed by atoms with E-state index < -0.39 is 17.9 Å². The number of benzene rings is 1. The Hall–Kier alpha value is -4.23. The Morgan fingerprint density at radius 2 is 1.88 bits per heavy atom. The van der Waals surface area contributed by atoms with E-state index in [-0.39, 0.29) is 52.5 Å². The minimum Gasteiger partial charge on any atom is -0.444 e. The zero-order valence-corrected chi connectivity index (χ0v) is 22.9. The summed E-state index contributed by atoms with van der Waals surface area (Å²) >= 11 is 0. The van der Waals surface area contributed by atoms with Gasteiger partial charge in [-0.05, 0) is 51.5 Å². The molecule has 220 valence electrons. The van der Waals surface area contributed by atoms with E-state index in [2.05, 4.69) is 14.9 Å². The second-order valence-electron chi connectivity index (χ2n) is 11.7. The predicted octanol–water partition coefficient (Wildman–Crippen LogP) is 4.34. The van der Waals surface area contributed by atoms with Crippen LogP contribution >= 0.6 is 0 Å². The van der Waals surface area contributed by atoms with Gasteiger partial charge in [0.25, 0.3) is 5.91 Å². The van der Waals surface area contributed by atoms with Crippen molar-refractivity contribution in [1.29, 1.82) is 0 Å². The number of nitrogen functional groups attached to an aromatic ring is 1. The molecule has 5 rings (SSSR count). The number of carbonyl (C=O) groups is 2. The number of likely N-dealkylation sites (tertiary alicyclic amines) is 1. The molecule has 3 heterocycles. The van der Waals surface area contributed by atoms with Crippen molar-refractivity contribution in [2.75, 3.05) is 18.8 Å². The first-order chi connectivity index (χ1) is 19.1. The van der Waals surface area contributed by atoms with Crippen LogP contribution in [0.25, 0.3) is 11.3 Å². The lowest BCUT2D eigenvalue weighted by Crippen LogP contribution is -2.43. The molecular weight excluding hydrogens is 543 g/mol. The van der Waals surface area contributed by atoms with Gasteiger partial charge in [-0.15, -0.1) is 13.2 Å². The van der Waals surface area contributed by atoms with Crippen LogP contribution in [-0.2, 0) is 11.3 Å². The maximum absolute atomic E-state index is 12.8. The van der Waals surface area contributed by atoms with Gasteiger partial charge in [0, 0.05) is 30.4 Å². The van der Waals surface area contributed by atoms with Crippen LogP contribution in [0.2, 0.25) is 0 Å². The first-order valence-electron chi connectivity index (χ1n) is 13.2. The molecule has 1 saturated heterocycles. The van der Waals surface area contributed by atoms with Gasteiger partial charge in [-0.1, -0.05) is 18.2 Å². The highest BCUT2D eigenvalue weighted by Crippen LogP contribution is 2.55. The molecule has 0 atom stereocenters. The van der Waals surface area contributed by atoms with E-state index >= 15 is 0 Å². The van der Waals surface area contributed by atoms with E-state index in [0.29, 0.717) is 31.5 Å². The lowest BCUT2D eigenvalue weighted by molar-refractivity contribution is -0.274. The van der Waals surface area contributed by atoms with Crippen molar-refractivity contribution in [2.45, 2.75) is 64.6 Å². The number of anilines is 1. The topological polar surface area (TPSA) is 144 Å². The summed E-state index contributed by atoms with van der Waals surface area (Å²) in [6, 6.07) is 5.67. The Kier molecular flexibility index (Phi) is 6.90. The minimum atomic E-state index is -4.83. The molecule has 4 N–H and O–H groups in total. The summed E-state index contributed by atoms with van der Waals surface area (Å²) in [6.45, 7) is 6.64. The van der Waals surface area contributed by atoms with Crippen LogP contribution in [0.15, 0.2) is 36.7 Å². The molecule has 2 amide bonds. The van der Waals surface area contributed by atoms with Gasteiger partial charge >= 0.3 is 12.5 Å². The van der Waals surface area contributed by atoms with E-state index in [1.54, 1.807) is 21.8 Å². The number of alkyl halides is 3. The van der Waals surface area contributed by atoms with Gasteiger partial charge in [-0.25, -0.2) is 9.48 Å². The second kappa shape index (κ2) is 10.00. The fraction of sp³-hybridized carbons (Fsp3) is 0.481. The summed E-state index contributed by atoms with van der Waals surface area (Å²) in [4.78, 5) is 26.6. The number of carbonyl (C=O) groups excluding carboxylic acids is 2. The number of primary amides is 1. The average Bonchev–Trinajstić information content (AvgIpc) is 3.54. The van der Waals surface area contributed by atoms with Crippen molar-refractivity contribution in [3.05, 3.63) is 47.8 Å². The van der Waals surface area contributed by atoms with Gasteiger partial charge in [0.1, 0.15) is 28.4 Å². The molecule has 0 bridgehead atoms. The van der Waals surface area contributed by atoms with Crippen molar-refractivity contribution in [2.24, 2.45) is 11.1 Å². The summed E-state index contributed by atoms with van der Waals surface area (Å²) in [5, 5.41) is 8.87. The SMILES string of the molecule is CC(C)(C)OC(=O)N1CC[C@]2(C1)C[C@H](n1nc(-c3cnn(Cc4ccccc4OC(F)(F)F)c3)c(C(N)=O)c1N)C2. The molecule has 3 aromatic rings. The summed E-state index contributed by atoms with van der Waals surface area (Å²) in [7, 11) is 0. The largest absolute Gasteiger partial charge is 0.573 e. The third kappa shape index (κ3) is 5.95. The molecule has 2 fully saturated rings. The molecule has 1 spiro atoms. The maximum atomic E-state index is 12.8. The van der Waals surface area contributed by atoms with E-state index in [9.17, 15) is 22.8 Å². The highest BCUT2D eigenvalue weighted by Gasteiger charge is 2.51. The molecule has 41 heavy (non-hydrogen) atoms. The third-order valence-corrected chi connectivity index (χ3v) is 7.40. The van der Waals surface area contributed by atoms with Crippen molar-refractivity contribution >= 4 is 17.8 Å². The Morgan fingerprint density at radius 3 is 2.54 bits per heavy atom. The lowest BCUT2D eigenvalue weighted by Gasteiger charge is -2.45. The minimum absolute atomic E-state index is 0.0202. The normalized spacial score (nSPS) is 20.7. The van der Waals surface area contributed by atoms with Crippen LogP contribution in [0.3, 0.4) is 0 Å². The number of ether oxygens (including phenoxy) is 2. The van der Waals surface area contributed by atoms with Crippen LogP contribution in [0.5, 0.6) is 5.75 Å². The average molecular weight is 576 g/mol. The highest BCUT2D eigenvalue weighted by molar-refractivity contribution is 6.03. The molecule has 14 heteroatoms. The lowest BCUT2D eigenvalue weighted by atomic mass is 9.65. The maximum Gasteiger partial charge on any atom is 0.573 e. The standard InChI is InChI=1S/C27H32F3N7O4/c1-25(2,3)41-24(39)35-9-8-26(15-35)10-18(11-26)37-22(31)20(23(32)38)21(34-37)17-12-33-36(14-17)13-16-6-4-5-7-19(16)40-27(28,29)30/h4-7,12,14,18H,8-11,13,15,31H2,1-3H3,(H2,32,38)/t18-,26-. The fourth-order valence-corrected chi connectivity index (χ4v) is 5.64. The first-order valence-corrected chi connectivity index (χ1v) is 13.2. The number of nitrogens with two attached hydrogens (primary N) is 2.